The second-order valence-corrected chi connectivity index (χ2v) is 3.19. The molecule has 78 valence electrons. The average Bonchev–Trinajstić information content (AvgIpc) is 2.85. The third-order valence-corrected chi connectivity index (χ3v) is 2.18. The van der Waals surface area contributed by atoms with Crippen LogP contribution in [0, 0.1) is 11.3 Å². The molecule has 2 aromatic rings. The van der Waals surface area contributed by atoms with E-state index in [2.05, 4.69) is 4.98 Å². The second-order valence-electron chi connectivity index (χ2n) is 3.19. The fourth-order valence-corrected chi connectivity index (χ4v) is 1.38. The van der Waals surface area contributed by atoms with Gasteiger partial charge in [-0.3, -0.25) is 9.78 Å². The van der Waals surface area contributed by atoms with E-state index in [0.717, 1.165) is 0 Å². The number of rotatable bonds is 3. The van der Waals surface area contributed by atoms with Gasteiger partial charge in [-0.15, -0.1) is 0 Å². The molecule has 0 aliphatic carbocycles. The Labute approximate surface area is 92.2 Å². The summed E-state index contributed by atoms with van der Waals surface area (Å²) in [6.45, 7) is 0. The molecule has 0 amide bonds. The van der Waals surface area contributed by atoms with Crippen LogP contribution < -0.4 is 0 Å². The van der Waals surface area contributed by atoms with Crippen molar-refractivity contribution in [3.05, 3.63) is 54.2 Å². The zero-order valence-corrected chi connectivity index (χ0v) is 8.33. The first kappa shape index (κ1) is 10.1. The maximum absolute atomic E-state index is 11.9. The number of Topliss-reactive ketones (excluding diaryl/α,β-unsaturated/α-hetero) is 1. The number of hydrogen-bond acceptors (Lipinski definition) is 4. The molecule has 0 bridgehead atoms. The first-order chi connectivity index (χ1) is 7.83. The summed E-state index contributed by atoms with van der Waals surface area (Å²) in [6, 6.07) is 8.63. The highest BCUT2D eigenvalue weighted by atomic mass is 16.3. The Bertz CT molecular complexity index is 512. The van der Waals surface area contributed by atoms with Crippen LogP contribution in [0.3, 0.4) is 0 Å². The molecule has 0 saturated heterocycles. The number of ketones is 1. The third kappa shape index (κ3) is 1.84. The summed E-state index contributed by atoms with van der Waals surface area (Å²) in [4.78, 5) is 15.9. The van der Waals surface area contributed by atoms with Crippen molar-refractivity contribution in [2.24, 2.45) is 0 Å². The summed E-state index contributed by atoms with van der Waals surface area (Å²) < 4.78 is 4.82. The minimum Gasteiger partial charge on any atom is -0.472 e. The molecule has 4 heteroatoms. The van der Waals surface area contributed by atoms with Crippen molar-refractivity contribution in [3.8, 4) is 6.07 Å². The fraction of sp³-hybridized carbons (Fsp3) is 0.0833. The molecule has 0 N–H and O–H groups in total. The number of nitrogens with zero attached hydrogens (tertiary/aromatic N) is 2. The summed E-state index contributed by atoms with van der Waals surface area (Å²) in [7, 11) is 0. The van der Waals surface area contributed by atoms with E-state index in [1.165, 1.54) is 18.6 Å². The topological polar surface area (TPSA) is 66.9 Å². The van der Waals surface area contributed by atoms with Crippen LogP contribution in [-0.2, 0) is 0 Å². The van der Waals surface area contributed by atoms with E-state index < -0.39 is 5.92 Å². The van der Waals surface area contributed by atoms with E-state index in [1.807, 2.05) is 6.07 Å². The Hall–Kier alpha value is -2.41. The monoisotopic (exact) mass is 212 g/mol. The minimum absolute atomic E-state index is 0.296. The number of furan rings is 1. The highest BCUT2D eigenvalue weighted by Crippen LogP contribution is 2.18. The predicted molar refractivity (Wildman–Crippen MR) is 55.6 cm³/mol. The molecular formula is C12H8N2O2. The standard InChI is InChI=1S/C12H8N2O2/c13-7-10(11-3-1-2-5-14-11)12(15)9-4-6-16-8-9/h1-6,8,10H. The molecule has 0 fully saturated rings. The molecule has 0 aliphatic heterocycles. The van der Waals surface area contributed by atoms with E-state index in [1.54, 1.807) is 24.4 Å². The number of pyridine rings is 1. The lowest BCUT2D eigenvalue weighted by Crippen LogP contribution is -2.11. The van der Waals surface area contributed by atoms with Crippen molar-refractivity contribution in [3.63, 3.8) is 0 Å². The summed E-state index contributed by atoms with van der Waals surface area (Å²) in [5.74, 6) is -1.17. The first-order valence-corrected chi connectivity index (χ1v) is 4.70. The summed E-state index contributed by atoms with van der Waals surface area (Å²) in [5, 5.41) is 9.01. The first-order valence-electron chi connectivity index (χ1n) is 4.70. The maximum atomic E-state index is 11.9. The molecular weight excluding hydrogens is 204 g/mol. The number of aromatic nitrogens is 1. The molecule has 0 aromatic carbocycles. The van der Waals surface area contributed by atoms with Crippen LogP contribution in [0.15, 0.2) is 47.4 Å². The van der Waals surface area contributed by atoms with Crippen LogP contribution in [0.5, 0.6) is 0 Å². The van der Waals surface area contributed by atoms with Gasteiger partial charge >= 0.3 is 0 Å². The molecule has 0 aliphatic rings. The summed E-state index contributed by atoms with van der Waals surface area (Å²) in [5.41, 5.74) is 0.841. The van der Waals surface area contributed by atoms with E-state index in [4.69, 9.17) is 9.68 Å². The minimum atomic E-state index is -0.876. The van der Waals surface area contributed by atoms with Gasteiger partial charge in [-0.25, -0.2) is 0 Å². The molecule has 0 radical (unpaired) electrons. The largest absolute Gasteiger partial charge is 0.472 e. The van der Waals surface area contributed by atoms with Crippen LogP contribution in [0.4, 0.5) is 0 Å². The highest BCUT2D eigenvalue weighted by molar-refractivity contribution is 6.02. The van der Waals surface area contributed by atoms with Gasteiger partial charge in [0.25, 0.3) is 0 Å². The van der Waals surface area contributed by atoms with Gasteiger partial charge in [0.05, 0.1) is 23.6 Å². The molecule has 2 rings (SSSR count). The Morgan fingerprint density at radius 1 is 1.44 bits per heavy atom. The molecule has 1 unspecified atom stereocenters. The van der Waals surface area contributed by atoms with Gasteiger partial charge in [-0.1, -0.05) is 6.07 Å². The van der Waals surface area contributed by atoms with E-state index >= 15 is 0 Å². The number of hydrogen-bond donors (Lipinski definition) is 0. The number of carbonyl (C=O) groups excluding carboxylic acids is 1. The SMILES string of the molecule is N#CC(C(=O)c1ccoc1)c1ccccn1. The molecule has 16 heavy (non-hydrogen) atoms. The molecule has 2 heterocycles. The molecule has 0 spiro atoms. The average molecular weight is 212 g/mol. The lowest BCUT2D eigenvalue weighted by atomic mass is 9.97. The van der Waals surface area contributed by atoms with Gasteiger partial charge < -0.3 is 4.42 Å². The van der Waals surface area contributed by atoms with Crippen molar-refractivity contribution >= 4 is 5.78 Å². The Morgan fingerprint density at radius 2 is 2.31 bits per heavy atom. The second kappa shape index (κ2) is 4.41. The van der Waals surface area contributed by atoms with Crippen LogP contribution >= 0.6 is 0 Å². The Kier molecular flexibility index (Phi) is 2.79. The lowest BCUT2D eigenvalue weighted by Gasteiger charge is -2.04. The number of carbonyl (C=O) groups is 1. The van der Waals surface area contributed by atoms with Crippen molar-refractivity contribution in [1.29, 1.82) is 5.26 Å². The molecule has 0 saturated carbocycles. The van der Waals surface area contributed by atoms with Crippen molar-refractivity contribution in [2.75, 3.05) is 0 Å². The van der Waals surface area contributed by atoms with Crippen molar-refractivity contribution in [1.82, 2.24) is 4.98 Å². The van der Waals surface area contributed by atoms with Gasteiger partial charge in [0.1, 0.15) is 6.26 Å². The van der Waals surface area contributed by atoms with E-state index in [-0.39, 0.29) is 5.78 Å². The van der Waals surface area contributed by atoms with Gasteiger partial charge in [0.2, 0.25) is 0 Å². The predicted octanol–water partition coefficient (Wildman–Crippen LogP) is 2.16. The Morgan fingerprint density at radius 3 is 2.88 bits per heavy atom. The molecule has 4 nitrogen and oxygen atoms in total. The Balaban J connectivity index is 2.32. The van der Waals surface area contributed by atoms with E-state index in [0.29, 0.717) is 11.3 Å². The van der Waals surface area contributed by atoms with Crippen LogP contribution in [0.2, 0.25) is 0 Å². The van der Waals surface area contributed by atoms with Crippen LogP contribution in [0.1, 0.15) is 22.0 Å². The van der Waals surface area contributed by atoms with Crippen molar-refractivity contribution < 1.29 is 9.21 Å². The van der Waals surface area contributed by atoms with Crippen LogP contribution in [0.25, 0.3) is 0 Å². The maximum Gasteiger partial charge on any atom is 0.189 e. The van der Waals surface area contributed by atoms with Crippen molar-refractivity contribution in [2.45, 2.75) is 5.92 Å². The highest BCUT2D eigenvalue weighted by Gasteiger charge is 2.23. The zero-order valence-electron chi connectivity index (χ0n) is 8.33. The van der Waals surface area contributed by atoms with Gasteiger partial charge in [-0.05, 0) is 18.2 Å². The summed E-state index contributed by atoms with van der Waals surface area (Å²) >= 11 is 0. The van der Waals surface area contributed by atoms with Crippen LogP contribution in [-0.4, -0.2) is 10.8 Å². The summed E-state index contributed by atoms with van der Waals surface area (Å²) in [6.07, 6.45) is 4.29. The molecule has 2 aromatic heterocycles. The van der Waals surface area contributed by atoms with Gasteiger partial charge in [0.15, 0.2) is 11.7 Å². The quantitative estimate of drug-likeness (QED) is 0.731. The third-order valence-electron chi connectivity index (χ3n) is 2.18. The lowest BCUT2D eigenvalue weighted by molar-refractivity contribution is 0.0977. The fourth-order valence-electron chi connectivity index (χ4n) is 1.38. The smallest absolute Gasteiger partial charge is 0.189 e. The molecule has 1 atom stereocenters. The van der Waals surface area contributed by atoms with Gasteiger partial charge in [0, 0.05) is 6.20 Å². The van der Waals surface area contributed by atoms with Gasteiger partial charge in [-0.2, -0.15) is 5.26 Å². The number of nitriles is 1. The normalized spacial score (nSPS) is 11.7. The van der Waals surface area contributed by atoms with E-state index in [9.17, 15) is 4.79 Å². The zero-order chi connectivity index (χ0) is 11.4.